The Morgan fingerprint density at radius 1 is 1.39 bits per heavy atom. The Bertz CT molecular complexity index is 358. The van der Waals surface area contributed by atoms with Gasteiger partial charge in [-0.15, -0.1) is 0 Å². The summed E-state index contributed by atoms with van der Waals surface area (Å²) in [6.45, 7) is 6.59. The molecule has 0 aliphatic heterocycles. The number of para-hydroxylation sites is 1. The lowest BCUT2D eigenvalue weighted by Gasteiger charge is -2.18. The van der Waals surface area contributed by atoms with Crippen LogP contribution >= 0.6 is 15.9 Å². The quantitative estimate of drug-likeness (QED) is 0.746. The first-order chi connectivity index (χ1) is 8.69. The molecule has 0 spiro atoms. The Balaban J connectivity index is 2.73. The van der Waals surface area contributed by atoms with E-state index in [0.29, 0.717) is 6.61 Å². The molecular formula is C14H22BrNO2. The van der Waals surface area contributed by atoms with Crippen molar-refractivity contribution in [1.82, 2.24) is 5.32 Å². The highest BCUT2D eigenvalue weighted by Crippen LogP contribution is 2.30. The van der Waals surface area contributed by atoms with E-state index in [1.165, 1.54) is 5.56 Å². The molecule has 1 aromatic rings. The van der Waals surface area contributed by atoms with Crippen LogP contribution in [0.15, 0.2) is 22.7 Å². The normalized spacial score (nSPS) is 12.4. The van der Waals surface area contributed by atoms with E-state index in [0.717, 1.165) is 29.7 Å². The fourth-order valence-corrected chi connectivity index (χ4v) is 2.20. The number of methoxy groups -OCH3 is 1. The number of benzene rings is 1. The van der Waals surface area contributed by atoms with Crippen molar-refractivity contribution in [3.63, 3.8) is 0 Å². The monoisotopic (exact) mass is 315 g/mol. The maximum Gasteiger partial charge on any atom is 0.138 e. The molecule has 0 aliphatic carbocycles. The van der Waals surface area contributed by atoms with Crippen LogP contribution in [0.4, 0.5) is 0 Å². The molecule has 1 rings (SSSR count). The molecule has 0 saturated heterocycles. The summed E-state index contributed by atoms with van der Waals surface area (Å²) >= 11 is 3.54. The Labute approximate surface area is 118 Å². The van der Waals surface area contributed by atoms with E-state index in [4.69, 9.17) is 9.47 Å². The topological polar surface area (TPSA) is 30.5 Å². The summed E-state index contributed by atoms with van der Waals surface area (Å²) < 4.78 is 12.0. The van der Waals surface area contributed by atoms with Crippen molar-refractivity contribution in [3.8, 4) is 5.75 Å². The zero-order valence-electron chi connectivity index (χ0n) is 11.3. The smallest absolute Gasteiger partial charge is 0.138 e. The molecule has 0 fully saturated rings. The molecule has 1 unspecified atom stereocenters. The molecule has 0 aliphatic rings. The van der Waals surface area contributed by atoms with Crippen molar-refractivity contribution in [2.45, 2.75) is 32.9 Å². The zero-order chi connectivity index (χ0) is 13.4. The molecule has 1 N–H and O–H groups in total. The third-order valence-corrected chi connectivity index (χ3v) is 3.14. The van der Waals surface area contributed by atoms with Crippen LogP contribution < -0.4 is 10.1 Å². The molecule has 102 valence electrons. The summed E-state index contributed by atoms with van der Waals surface area (Å²) in [6.07, 6.45) is 1.17. The number of hydrogen-bond acceptors (Lipinski definition) is 3. The third kappa shape index (κ3) is 4.96. The standard InChI is InChI=1S/C14H22BrNO2/c1-4-8-16-9-12-6-5-7-13(15)14(12)18-11(2)10-17-3/h5-7,11,16H,4,8-10H2,1-3H3. The first kappa shape index (κ1) is 15.5. The highest BCUT2D eigenvalue weighted by atomic mass is 79.9. The Hall–Kier alpha value is -0.580. The van der Waals surface area contributed by atoms with Crippen LogP contribution in [0.3, 0.4) is 0 Å². The molecule has 0 saturated carbocycles. The summed E-state index contributed by atoms with van der Waals surface area (Å²) in [7, 11) is 1.68. The molecule has 0 bridgehead atoms. The minimum atomic E-state index is 0.0404. The Kier molecular flexibility index (Phi) is 7.32. The lowest BCUT2D eigenvalue weighted by molar-refractivity contribution is 0.0908. The van der Waals surface area contributed by atoms with Crippen molar-refractivity contribution >= 4 is 15.9 Å². The first-order valence-corrected chi connectivity index (χ1v) is 7.12. The van der Waals surface area contributed by atoms with Crippen molar-refractivity contribution in [2.75, 3.05) is 20.3 Å². The summed E-state index contributed by atoms with van der Waals surface area (Å²) in [5, 5.41) is 3.39. The minimum absolute atomic E-state index is 0.0404. The van der Waals surface area contributed by atoms with E-state index < -0.39 is 0 Å². The molecule has 0 radical (unpaired) electrons. The van der Waals surface area contributed by atoms with Gasteiger partial charge in [0.1, 0.15) is 11.9 Å². The van der Waals surface area contributed by atoms with Gasteiger partial charge in [-0.25, -0.2) is 0 Å². The lowest BCUT2D eigenvalue weighted by Crippen LogP contribution is -2.20. The predicted molar refractivity (Wildman–Crippen MR) is 78.1 cm³/mol. The molecule has 4 heteroatoms. The van der Waals surface area contributed by atoms with Gasteiger partial charge in [0, 0.05) is 19.2 Å². The van der Waals surface area contributed by atoms with Gasteiger partial charge >= 0.3 is 0 Å². The van der Waals surface area contributed by atoms with Gasteiger partial charge in [0.25, 0.3) is 0 Å². The van der Waals surface area contributed by atoms with Crippen LogP contribution in [-0.4, -0.2) is 26.4 Å². The second-order valence-electron chi connectivity index (χ2n) is 4.29. The maximum atomic E-state index is 5.94. The van der Waals surface area contributed by atoms with Crippen molar-refractivity contribution in [3.05, 3.63) is 28.2 Å². The molecular weight excluding hydrogens is 294 g/mol. The van der Waals surface area contributed by atoms with Gasteiger partial charge in [-0.2, -0.15) is 0 Å². The molecule has 3 nitrogen and oxygen atoms in total. The molecule has 0 heterocycles. The van der Waals surface area contributed by atoms with Gasteiger partial charge < -0.3 is 14.8 Å². The molecule has 1 atom stereocenters. The third-order valence-electron chi connectivity index (χ3n) is 2.51. The maximum absolute atomic E-state index is 5.94. The average molecular weight is 316 g/mol. The van der Waals surface area contributed by atoms with Crippen LogP contribution in [0.2, 0.25) is 0 Å². The summed E-state index contributed by atoms with van der Waals surface area (Å²) in [6, 6.07) is 6.11. The minimum Gasteiger partial charge on any atom is -0.487 e. The van der Waals surface area contributed by atoms with Crippen molar-refractivity contribution < 1.29 is 9.47 Å². The van der Waals surface area contributed by atoms with Gasteiger partial charge in [-0.3, -0.25) is 0 Å². The number of nitrogens with one attached hydrogen (secondary N) is 1. The van der Waals surface area contributed by atoms with Crippen molar-refractivity contribution in [1.29, 1.82) is 0 Å². The largest absolute Gasteiger partial charge is 0.487 e. The molecule has 0 amide bonds. The summed E-state index contributed by atoms with van der Waals surface area (Å²) in [5.74, 6) is 0.908. The number of rotatable bonds is 8. The lowest BCUT2D eigenvalue weighted by atomic mass is 10.2. The highest BCUT2D eigenvalue weighted by molar-refractivity contribution is 9.10. The second-order valence-corrected chi connectivity index (χ2v) is 5.14. The van der Waals surface area contributed by atoms with E-state index in [2.05, 4.69) is 34.2 Å². The average Bonchev–Trinajstić information content (AvgIpc) is 2.34. The van der Waals surface area contributed by atoms with E-state index in [1.807, 2.05) is 19.1 Å². The molecule has 0 aromatic heterocycles. The van der Waals surface area contributed by atoms with Crippen LogP contribution in [0.5, 0.6) is 5.75 Å². The number of halogens is 1. The SMILES string of the molecule is CCCNCc1cccc(Br)c1OC(C)COC. The van der Waals surface area contributed by atoms with Gasteiger partial charge in [0.05, 0.1) is 11.1 Å². The van der Waals surface area contributed by atoms with E-state index >= 15 is 0 Å². The molecule has 18 heavy (non-hydrogen) atoms. The van der Waals surface area contributed by atoms with Gasteiger partial charge in [0.15, 0.2) is 0 Å². The van der Waals surface area contributed by atoms with E-state index in [9.17, 15) is 0 Å². The van der Waals surface area contributed by atoms with Crippen LogP contribution in [0.25, 0.3) is 0 Å². The molecule has 1 aromatic carbocycles. The Morgan fingerprint density at radius 3 is 2.83 bits per heavy atom. The Morgan fingerprint density at radius 2 is 2.17 bits per heavy atom. The van der Waals surface area contributed by atoms with Crippen LogP contribution in [0.1, 0.15) is 25.8 Å². The zero-order valence-corrected chi connectivity index (χ0v) is 12.9. The second kappa shape index (κ2) is 8.51. The fraction of sp³-hybridized carbons (Fsp3) is 0.571. The van der Waals surface area contributed by atoms with Crippen molar-refractivity contribution in [2.24, 2.45) is 0 Å². The van der Waals surface area contributed by atoms with E-state index in [-0.39, 0.29) is 6.10 Å². The predicted octanol–water partition coefficient (Wildman–Crippen LogP) is 3.36. The van der Waals surface area contributed by atoms with Gasteiger partial charge in [-0.1, -0.05) is 19.1 Å². The summed E-state index contributed by atoms with van der Waals surface area (Å²) in [5.41, 5.74) is 1.17. The van der Waals surface area contributed by atoms with Gasteiger partial charge in [-0.05, 0) is 41.9 Å². The number of ether oxygens (including phenoxy) is 2. The number of hydrogen-bond donors (Lipinski definition) is 1. The van der Waals surface area contributed by atoms with Crippen LogP contribution in [-0.2, 0) is 11.3 Å². The fourth-order valence-electron chi connectivity index (χ4n) is 1.69. The first-order valence-electron chi connectivity index (χ1n) is 6.32. The van der Waals surface area contributed by atoms with Crippen LogP contribution in [0, 0.1) is 0 Å². The summed E-state index contributed by atoms with van der Waals surface area (Å²) in [4.78, 5) is 0. The van der Waals surface area contributed by atoms with Gasteiger partial charge in [0.2, 0.25) is 0 Å². The highest BCUT2D eigenvalue weighted by Gasteiger charge is 2.11. The van der Waals surface area contributed by atoms with E-state index in [1.54, 1.807) is 7.11 Å².